The van der Waals surface area contributed by atoms with Gasteiger partial charge >= 0.3 is 0 Å². The van der Waals surface area contributed by atoms with Gasteiger partial charge in [-0.25, -0.2) is 0 Å². The number of Topliss-reactive ketones (excluding diaryl/α,β-unsaturated/α-hetero) is 1. The van der Waals surface area contributed by atoms with Gasteiger partial charge in [0.05, 0.1) is 0 Å². The zero-order valence-electron chi connectivity index (χ0n) is 14.6. The van der Waals surface area contributed by atoms with Crippen molar-refractivity contribution in [1.29, 1.82) is 0 Å². The van der Waals surface area contributed by atoms with Gasteiger partial charge in [0.2, 0.25) is 5.91 Å². The number of nitrogens with zero attached hydrogens (tertiary/aromatic N) is 1. The Kier molecular flexibility index (Phi) is 8.15. The van der Waals surface area contributed by atoms with Crippen LogP contribution in [0.25, 0.3) is 0 Å². The van der Waals surface area contributed by atoms with Crippen LogP contribution in [0.2, 0.25) is 0 Å². The van der Waals surface area contributed by atoms with Gasteiger partial charge in [0.15, 0.2) is 0 Å². The van der Waals surface area contributed by atoms with Gasteiger partial charge in [-0.15, -0.1) is 0 Å². The van der Waals surface area contributed by atoms with Gasteiger partial charge < -0.3 is 9.69 Å². The number of rotatable bonds is 9. The predicted octanol–water partition coefficient (Wildman–Crippen LogP) is 4.29. The Labute approximate surface area is 135 Å². The minimum atomic E-state index is 0.103. The number of carbonyl (C=O) groups is 2. The van der Waals surface area contributed by atoms with Crippen molar-refractivity contribution in [3.63, 3.8) is 0 Å². The first-order chi connectivity index (χ1) is 10.5. The van der Waals surface area contributed by atoms with Crippen LogP contribution in [-0.4, -0.2) is 29.2 Å². The van der Waals surface area contributed by atoms with Crippen LogP contribution in [0.15, 0.2) is 23.8 Å². The standard InChI is InChI=1S/C19H31NO2/c1-5-7-9-17(8-6-2)11-10-15(3)20-14-18(12-16(4)21)13-19(20)22/h8,10-11,15,18H,5-7,9,12-14H2,1-4H3/b11-10-,17-8-. The number of carbonyl (C=O) groups excluding carboxylic acids is 2. The van der Waals surface area contributed by atoms with E-state index in [1.807, 2.05) is 4.90 Å². The molecule has 3 heteroatoms. The van der Waals surface area contributed by atoms with Crippen LogP contribution < -0.4 is 0 Å². The minimum Gasteiger partial charge on any atom is -0.336 e. The lowest BCUT2D eigenvalue weighted by Crippen LogP contribution is -2.33. The molecule has 2 unspecified atom stereocenters. The van der Waals surface area contributed by atoms with Crippen LogP contribution in [0.1, 0.15) is 66.2 Å². The molecule has 0 aromatic carbocycles. The fourth-order valence-electron chi connectivity index (χ4n) is 3.01. The first kappa shape index (κ1) is 18.7. The maximum Gasteiger partial charge on any atom is 0.223 e. The normalized spacial score (nSPS) is 20.9. The Morgan fingerprint density at radius 2 is 2.14 bits per heavy atom. The lowest BCUT2D eigenvalue weighted by molar-refractivity contribution is -0.128. The molecule has 3 nitrogen and oxygen atoms in total. The molecule has 0 saturated carbocycles. The van der Waals surface area contributed by atoms with Gasteiger partial charge in [-0.1, -0.05) is 44.1 Å². The van der Waals surface area contributed by atoms with Crippen molar-refractivity contribution in [2.24, 2.45) is 5.92 Å². The van der Waals surface area contributed by atoms with Crippen molar-refractivity contribution >= 4 is 11.7 Å². The van der Waals surface area contributed by atoms with Gasteiger partial charge in [-0.05, 0) is 39.0 Å². The van der Waals surface area contributed by atoms with Crippen molar-refractivity contribution in [3.8, 4) is 0 Å². The molecule has 1 saturated heterocycles. The van der Waals surface area contributed by atoms with Crippen molar-refractivity contribution in [1.82, 2.24) is 4.90 Å². The molecule has 0 aliphatic carbocycles. The van der Waals surface area contributed by atoms with Crippen molar-refractivity contribution in [3.05, 3.63) is 23.8 Å². The average Bonchev–Trinajstić information content (AvgIpc) is 2.81. The van der Waals surface area contributed by atoms with Crippen molar-refractivity contribution in [2.45, 2.75) is 72.3 Å². The lowest BCUT2D eigenvalue weighted by atomic mass is 10.0. The first-order valence-corrected chi connectivity index (χ1v) is 8.64. The van der Waals surface area contributed by atoms with Crippen LogP contribution >= 0.6 is 0 Å². The molecular weight excluding hydrogens is 274 g/mol. The van der Waals surface area contributed by atoms with E-state index in [-0.39, 0.29) is 23.7 Å². The van der Waals surface area contributed by atoms with Gasteiger partial charge in [-0.3, -0.25) is 4.79 Å². The van der Waals surface area contributed by atoms with Crippen LogP contribution in [0, 0.1) is 5.92 Å². The highest BCUT2D eigenvalue weighted by molar-refractivity contribution is 5.81. The summed E-state index contributed by atoms with van der Waals surface area (Å²) in [6, 6.07) is 0.103. The molecule has 0 N–H and O–H groups in total. The summed E-state index contributed by atoms with van der Waals surface area (Å²) < 4.78 is 0. The molecule has 0 spiro atoms. The van der Waals surface area contributed by atoms with E-state index in [1.165, 1.54) is 18.4 Å². The molecule has 0 bridgehead atoms. The Morgan fingerprint density at radius 3 is 2.73 bits per heavy atom. The first-order valence-electron chi connectivity index (χ1n) is 8.64. The highest BCUT2D eigenvalue weighted by atomic mass is 16.2. The molecule has 1 aliphatic rings. The SMILES string of the molecule is CC/C=C(\C=C/C(C)N1CC(CC(C)=O)CC1=O)CCCC. The maximum atomic E-state index is 12.1. The molecule has 0 aromatic rings. The number of hydrogen-bond acceptors (Lipinski definition) is 2. The Hall–Kier alpha value is -1.38. The number of likely N-dealkylation sites (tertiary alicyclic amines) is 1. The number of amides is 1. The molecular formula is C19H31NO2. The zero-order chi connectivity index (χ0) is 16.5. The van der Waals surface area contributed by atoms with E-state index in [4.69, 9.17) is 0 Å². The highest BCUT2D eigenvalue weighted by Gasteiger charge is 2.32. The third-order valence-corrected chi connectivity index (χ3v) is 4.18. The smallest absolute Gasteiger partial charge is 0.223 e. The molecule has 0 radical (unpaired) electrons. The quantitative estimate of drug-likeness (QED) is 0.596. The van der Waals surface area contributed by atoms with Crippen LogP contribution in [0.5, 0.6) is 0 Å². The summed E-state index contributed by atoms with van der Waals surface area (Å²) in [5.41, 5.74) is 1.36. The maximum absolute atomic E-state index is 12.1. The third-order valence-electron chi connectivity index (χ3n) is 4.18. The molecule has 1 heterocycles. The van der Waals surface area contributed by atoms with E-state index in [0.29, 0.717) is 19.4 Å². The number of allylic oxidation sites excluding steroid dienone is 3. The molecule has 2 atom stereocenters. The highest BCUT2D eigenvalue weighted by Crippen LogP contribution is 2.24. The largest absolute Gasteiger partial charge is 0.336 e. The van der Waals surface area contributed by atoms with E-state index >= 15 is 0 Å². The third kappa shape index (κ3) is 6.17. The Bertz CT molecular complexity index is 437. The molecule has 1 rings (SSSR count). The van der Waals surface area contributed by atoms with Crippen LogP contribution in [0.3, 0.4) is 0 Å². The summed E-state index contributed by atoms with van der Waals surface area (Å²) >= 11 is 0. The fourth-order valence-corrected chi connectivity index (χ4v) is 3.01. The monoisotopic (exact) mass is 305 g/mol. The van der Waals surface area contributed by atoms with Crippen LogP contribution in [-0.2, 0) is 9.59 Å². The predicted molar refractivity (Wildman–Crippen MR) is 91.6 cm³/mol. The molecule has 124 valence electrons. The molecule has 1 amide bonds. The second-order valence-electron chi connectivity index (χ2n) is 6.41. The summed E-state index contributed by atoms with van der Waals surface area (Å²) in [7, 11) is 0. The minimum absolute atomic E-state index is 0.103. The van der Waals surface area contributed by atoms with E-state index < -0.39 is 0 Å². The lowest BCUT2D eigenvalue weighted by Gasteiger charge is -2.22. The van der Waals surface area contributed by atoms with Crippen molar-refractivity contribution in [2.75, 3.05) is 6.54 Å². The number of ketones is 1. The molecule has 22 heavy (non-hydrogen) atoms. The molecule has 1 fully saturated rings. The van der Waals surface area contributed by atoms with E-state index in [0.717, 1.165) is 12.8 Å². The van der Waals surface area contributed by atoms with Gasteiger partial charge in [0.1, 0.15) is 5.78 Å². The van der Waals surface area contributed by atoms with Gasteiger partial charge in [0.25, 0.3) is 0 Å². The average molecular weight is 305 g/mol. The fraction of sp³-hybridized carbons (Fsp3) is 0.684. The topological polar surface area (TPSA) is 37.4 Å². The Balaban J connectivity index is 2.61. The summed E-state index contributed by atoms with van der Waals surface area (Å²) in [6.45, 7) is 8.74. The second-order valence-corrected chi connectivity index (χ2v) is 6.41. The Morgan fingerprint density at radius 1 is 1.41 bits per heavy atom. The zero-order valence-corrected chi connectivity index (χ0v) is 14.6. The van der Waals surface area contributed by atoms with Gasteiger partial charge in [-0.2, -0.15) is 0 Å². The molecule has 1 aliphatic heterocycles. The number of hydrogen-bond donors (Lipinski definition) is 0. The molecule has 0 aromatic heterocycles. The van der Waals surface area contributed by atoms with E-state index in [9.17, 15) is 9.59 Å². The van der Waals surface area contributed by atoms with Crippen LogP contribution in [0.4, 0.5) is 0 Å². The van der Waals surface area contributed by atoms with Crippen molar-refractivity contribution < 1.29 is 9.59 Å². The summed E-state index contributed by atoms with van der Waals surface area (Å²) in [4.78, 5) is 25.2. The van der Waals surface area contributed by atoms with E-state index in [2.05, 4.69) is 39.0 Å². The number of unbranched alkanes of at least 4 members (excludes halogenated alkanes) is 1. The van der Waals surface area contributed by atoms with Gasteiger partial charge in [0, 0.05) is 25.4 Å². The van der Waals surface area contributed by atoms with E-state index in [1.54, 1.807) is 6.92 Å². The summed E-state index contributed by atoms with van der Waals surface area (Å²) in [5.74, 6) is 0.556. The summed E-state index contributed by atoms with van der Waals surface area (Å²) in [5, 5.41) is 0. The second kappa shape index (κ2) is 9.60. The summed E-state index contributed by atoms with van der Waals surface area (Å²) in [6.07, 6.45) is 12.2.